The average Bonchev–Trinajstić information content (AvgIpc) is 2.55. The highest BCUT2D eigenvalue weighted by Crippen LogP contribution is 2.33. The minimum atomic E-state index is -5.06. The van der Waals surface area contributed by atoms with Gasteiger partial charge >= 0.3 is 3.41 Å². The zero-order chi connectivity index (χ0) is 21.2. The van der Waals surface area contributed by atoms with Gasteiger partial charge in [-0.1, -0.05) is 6.92 Å². The van der Waals surface area contributed by atoms with E-state index in [1.165, 1.54) is 0 Å². The van der Waals surface area contributed by atoms with E-state index in [1.54, 1.807) is 18.2 Å². The summed E-state index contributed by atoms with van der Waals surface area (Å²) in [5, 5.41) is 25.6. The highest BCUT2D eigenvalue weighted by Gasteiger charge is 2.64. The fraction of sp³-hybridized carbons (Fsp3) is 0.750. The molecule has 0 fully saturated rings. The Balaban J connectivity index is 6.41. The Bertz CT molecular complexity index is 815. The van der Waals surface area contributed by atoms with E-state index >= 15 is 0 Å². The van der Waals surface area contributed by atoms with E-state index in [-0.39, 0.29) is 19.3 Å². The van der Waals surface area contributed by atoms with Crippen molar-refractivity contribution in [2.24, 2.45) is 0 Å². The summed E-state index contributed by atoms with van der Waals surface area (Å²) in [6.45, 7) is -0.442. The van der Waals surface area contributed by atoms with Crippen molar-refractivity contribution in [1.82, 2.24) is 14.2 Å². The van der Waals surface area contributed by atoms with Crippen LogP contribution >= 0.6 is 0 Å². The van der Waals surface area contributed by atoms with Crippen LogP contribution in [0, 0.1) is 34.0 Å². The van der Waals surface area contributed by atoms with Crippen LogP contribution in [0.4, 0.5) is 0 Å². The van der Waals surface area contributed by atoms with Crippen LogP contribution in [-0.2, 0) is 30.1 Å². The molecular weight excluding hydrogens is 420 g/mol. The molecular formula is C12H20N6O6S3. The minimum Gasteiger partial charge on any atom is -0.212 e. The highest BCUT2D eigenvalue weighted by molar-refractivity contribution is 8.24. The molecule has 12 nitrogen and oxygen atoms in total. The highest BCUT2D eigenvalue weighted by atomic mass is 32.3. The second-order valence-electron chi connectivity index (χ2n) is 4.95. The van der Waals surface area contributed by atoms with E-state index in [2.05, 4.69) is 0 Å². The van der Waals surface area contributed by atoms with Gasteiger partial charge in [-0.2, -0.15) is 15.8 Å². The average molecular weight is 441 g/mol. The molecule has 3 N–H and O–H groups in total. The molecule has 0 aliphatic carbocycles. The van der Waals surface area contributed by atoms with Gasteiger partial charge in [0.05, 0.1) is 18.2 Å². The third kappa shape index (κ3) is 5.59. The molecule has 0 spiro atoms. The van der Waals surface area contributed by atoms with Crippen LogP contribution < -0.4 is 14.2 Å². The standard InChI is InChI=1S/C12H20N6O6S3/c1-2-12(25(19,20)16-9-3-6-13,26(21,22)17-10-4-7-14)27(23,24)18-11-5-8-15/h16-18H,2-5,9-11H2,1H3. The summed E-state index contributed by atoms with van der Waals surface area (Å²) in [6.07, 6.45) is -1.84. The van der Waals surface area contributed by atoms with Crippen molar-refractivity contribution in [3.8, 4) is 18.2 Å². The minimum absolute atomic E-state index is 0.317. The smallest absolute Gasteiger partial charge is 0.212 e. The van der Waals surface area contributed by atoms with Crippen LogP contribution in [0.15, 0.2) is 0 Å². The monoisotopic (exact) mass is 440 g/mol. The first kappa shape index (κ1) is 25.2. The van der Waals surface area contributed by atoms with Crippen molar-refractivity contribution < 1.29 is 25.3 Å². The van der Waals surface area contributed by atoms with E-state index in [1.807, 2.05) is 14.2 Å². The largest absolute Gasteiger partial charge is 0.312 e. The third-order valence-electron chi connectivity index (χ3n) is 3.25. The van der Waals surface area contributed by atoms with Crippen molar-refractivity contribution in [1.29, 1.82) is 15.8 Å². The van der Waals surface area contributed by atoms with E-state index in [0.717, 1.165) is 6.92 Å². The lowest BCUT2D eigenvalue weighted by molar-refractivity contribution is 0.527. The predicted octanol–water partition coefficient (Wildman–Crippen LogP) is -1.45. The number of hydrogen-bond acceptors (Lipinski definition) is 9. The molecule has 0 radical (unpaired) electrons. The first-order valence-electron chi connectivity index (χ1n) is 7.58. The van der Waals surface area contributed by atoms with Crippen LogP contribution in [0.1, 0.15) is 32.6 Å². The quantitative estimate of drug-likeness (QED) is 0.285. The zero-order valence-corrected chi connectivity index (χ0v) is 16.9. The van der Waals surface area contributed by atoms with Gasteiger partial charge in [0, 0.05) is 38.9 Å². The number of hydrogen-bond donors (Lipinski definition) is 3. The number of nitrogens with one attached hydrogen (secondary N) is 3. The molecule has 0 aliphatic rings. The van der Waals surface area contributed by atoms with E-state index < -0.39 is 59.5 Å². The molecule has 0 unspecified atom stereocenters. The van der Waals surface area contributed by atoms with Crippen LogP contribution in [0.3, 0.4) is 0 Å². The molecule has 0 rings (SSSR count). The second kappa shape index (κ2) is 10.5. The maximum Gasteiger partial charge on any atom is 0.312 e. The topological polar surface area (TPSA) is 210 Å². The predicted molar refractivity (Wildman–Crippen MR) is 94.5 cm³/mol. The lowest BCUT2D eigenvalue weighted by Crippen LogP contribution is -2.63. The number of rotatable bonds is 13. The SMILES string of the molecule is CCC(S(=O)(=O)NCCC#N)(S(=O)(=O)NCCC#N)S(=O)(=O)NCCC#N. The normalized spacial score (nSPS) is 12.7. The van der Waals surface area contributed by atoms with Gasteiger partial charge in [0.15, 0.2) is 0 Å². The fourth-order valence-corrected chi connectivity index (χ4v) is 9.50. The summed E-state index contributed by atoms with van der Waals surface area (Å²) in [5.41, 5.74) is 0. The fourth-order valence-electron chi connectivity index (χ4n) is 2.06. The first-order chi connectivity index (χ1) is 12.5. The van der Waals surface area contributed by atoms with E-state index in [9.17, 15) is 25.3 Å². The van der Waals surface area contributed by atoms with Gasteiger partial charge in [-0.15, -0.1) is 0 Å². The van der Waals surface area contributed by atoms with Crippen LogP contribution in [-0.4, -0.2) is 48.3 Å². The third-order valence-corrected chi connectivity index (χ3v) is 12.3. The summed E-state index contributed by atoms with van der Waals surface area (Å²) in [5.74, 6) is 0. The van der Waals surface area contributed by atoms with Gasteiger partial charge in [-0.3, -0.25) is 0 Å². The molecule has 0 bridgehead atoms. The molecule has 27 heavy (non-hydrogen) atoms. The summed E-state index contributed by atoms with van der Waals surface area (Å²) in [7, 11) is -15.2. The van der Waals surface area contributed by atoms with Crippen molar-refractivity contribution in [2.45, 2.75) is 36.0 Å². The summed E-state index contributed by atoms with van der Waals surface area (Å²) in [4.78, 5) is 0. The van der Waals surface area contributed by atoms with Crippen molar-refractivity contribution in [3.63, 3.8) is 0 Å². The van der Waals surface area contributed by atoms with Crippen LogP contribution in [0.5, 0.6) is 0 Å². The van der Waals surface area contributed by atoms with E-state index in [0.29, 0.717) is 0 Å². The Kier molecular flexibility index (Phi) is 9.81. The molecule has 0 atom stereocenters. The number of sulfonamides is 3. The summed E-state index contributed by atoms with van der Waals surface area (Å²) in [6, 6.07) is 4.93. The van der Waals surface area contributed by atoms with Crippen LogP contribution in [0.2, 0.25) is 0 Å². The molecule has 0 aromatic rings. The lowest BCUT2D eigenvalue weighted by atomic mass is 10.5. The molecule has 0 heterocycles. The first-order valence-corrected chi connectivity index (χ1v) is 12.0. The molecule has 0 aromatic carbocycles. The molecule has 0 amide bonds. The van der Waals surface area contributed by atoms with Gasteiger partial charge in [0.2, 0.25) is 30.1 Å². The number of nitrogens with zero attached hydrogens (tertiary/aromatic N) is 3. The van der Waals surface area contributed by atoms with Gasteiger partial charge < -0.3 is 0 Å². The van der Waals surface area contributed by atoms with Gasteiger partial charge in [0.25, 0.3) is 0 Å². The molecule has 15 heteroatoms. The Hall–Kier alpha value is -1.80. The number of nitriles is 3. The Morgan fingerprint density at radius 1 is 0.667 bits per heavy atom. The van der Waals surface area contributed by atoms with Crippen molar-refractivity contribution >= 4 is 30.1 Å². The Morgan fingerprint density at radius 2 is 0.926 bits per heavy atom. The maximum absolute atomic E-state index is 12.7. The van der Waals surface area contributed by atoms with Crippen molar-refractivity contribution in [3.05, 3.63) is 0 Å². The Labute approximate surface area is 159 Å². The summed E-state index contributed by atoms with van der Waals surface area (Å²) >= 11 is 0. The molecule has 0 saturated carbocycles. The Morgan fingerprint density at radius 3 is 1.11 bits per heavy atom. The molecule has 152 valence electrons. The van der Waals surface area contributed by atoms with Crippen LogP contribution in [0.25, 0.3) is 0 Å². The molecule has 0 aliphatic heterocycles. The maximum atomic E-state index is 12.7. The van der Waals surface area contributed by atoms with Gasteiger partial charge in [-0.25, -0.2) is 39.4 Å². The van der Waals surface area contributed by atoms with Gasteiger partial charge in [-0.05, 0) is 6.42 Å². The summed E-state index contributed by atoms with van der Waals surface area (Å²) < 4.78 is 78.5. The molecule has 0 aromatic heterocycles. The van der Waals surface area contributed by atoms with Gasteiger partial charge in [0.1, 0.15) is 0 Å². The lowest BCUT2D eigenvalue weighted by Gasteiger charge is -2.31. The van der Waals surface area contributed by atoms with E-state index in [4.69, 9.17) is 15.8 Å². The van der Waals surface area contributed by atoms with Crippen molar-refractivity contribution in [2.75, 3.05) is 19.6 Å². The zero-order valence-electron chi connectivity index (χ0n) is 14.5. The molecule has 0 saturated heterocycles. The second-order valence-corrected chi connectivity index (χ2v) is 11.7.